The van der Waals surface area contributed by atoms with Crippen LogP contribution in [0.4, 0.5) is 0 Å². The van der Waals surface area contributed by atoms with Crippen LogP contribution in [0.1, 0.15) is 19.4 Å². The zero-order valence-corrected chi connectivity index (χ0v) is 17.1. The Balaban J connectivity index is 2.11. The van der Waals surface area contributed by atoms with Crippen LogP contribution in [0.15, 0.2) is 54.6 Å². The van der Waals surface area contributed by atoms with Crippen molar-refractivity contribution in [3.05, 3.63) is 60.2 Å². The lowest BCUT2D eigenvalue weighted by atomic mass is 10.0. The van der Waals surface area contributed by atoms with Crippen molar-refractivity contribution in [1.29, 1.82) is 0 Å². The zero-order valence-electron chi connectivity index (χ0n) is 16.3. The molecule has 8 heteroatoms. The summed E-state index contributed by atoms with van der Waals surface area (Å²) in [6.07, 6.45) is 0. The maximum absolute atomic E-state index is 12.6. The van der Waals surface area contributed by atoms with Gasteiger partial charge in [-0.3, -0.25) is 4.79 Å². The Morgan fingerprint density at radius 3 is 2.11 bits per heavy atom. The minimum atomic E-state index is -3.78. The van der Waals surface area contributed by atoms with E-state index in [2.05, 4.69) is 10.0 Å². The number of benzene rings is 2. The zero-order chi connectivity index (χ0) is 20.6. The Kier molecular flexibility index (Phi) is 7.42. The van der Waals surface area contributed by atoms with Crippen molar-refractivity contribution in [3.63, 3.8) is 0 Å². The fourth-order valence-electron chi connectivity index (χ4n) is 2.62. The first-order valence-electron chi connectivity index (χ1n) is 8.91. The Labute approximate surface area is 166 Å². The molecule has 1 atom stereocenters. The summed E-state index contributed by atoms with van der Waals surface area (Å²) in [7, 11) is -2.33. The molecule has 2 aromatic rings. The quantitative estimate of drug-likeness (QED) is 0.630. The molecule has 0 aliphatic rings. The highest BCUT2D eigenvalue weighted by molar-refractivity contribution is 7.88. The van der Waals surface area contributed by atoms with Crippen molar-refractivity contribution in [2.45, 2.75) is 25.1 Å². The van der Waals surface area contributed by atoms with E-state index in [0.29, 0.717) is 23.7 Å². The van der Waals surface area contributed by atoms with Gasteiger partial charge in [0.15, 0.2) is 0 Å². The van der Waals surface area contributed by atoms with E-state index in [1.807, 2.05) is 13.0 Å². The molecular weight excluding hydrogens is 380 g/mol. The van der Waals surface area contributed by atoms with Gasteiger partial charge in [0, 0.05) is 7.05 Å². The van der Waals surface area contributed by atoms with Crippen molar-refractivity contribution in [2.24, 2.45) is 0 Å². The molecule has 2 aromatic carbocycles. The van der Waals surface area contributed by atoms with Gasteiger partial charge >= 0.3 is 0 Å². The minimum Gasteiger partial charge on any atom is -0.494 e. The van der Waals surface area contributed by atoms with E-state index in [0.717, 1.165) is 0 Å². The van der Waals surface area contributed by atoms with Crippen LogP contribution in [-0.4, -0.2) is 40.1 Å². The summed E-state index contributed by atoms with van der Waals surface area (Å²) in [6.45, 7) is 3.76. The van der Waals surface area contributed by atoms with E-state index in [4.69, 9.17) is 9.47 Å². The maximum Gasteiger partial charge on any atom is 0.244 e. The number of ether oxygens (including phenoxy) is 2. The smallest absolute Gasteiger partial charge is 0.244 e. The molecule has 0 aliphatic heterocycles. The summed E-state index contributed by atoms with van der Waals surface area (Å²) < 4.78 is 38.7. The molecule has 0 aliphatic carbocycles. The van der Waals surface area contributed by atoms with Crippen molar-refractivity contribution in [2.75, 3.05) is 20.3 Å². The average molecular weight is 407 g/mol. The van der Waals surface area contributed by atoms with Gasteiger partial charge in [0.2, 0.25) is 15.9 Å². The monoisotopic (exact) mass is 406 g/mol. The SMILES string of the molecule is CCOc1ccc(OCC(C)(NS(=O)(=O)Cc2ccccc2)C(=O)NC)cc1. The standard InChI is InChI=1S/C20H26N2O5S/c1-4-26-17-10-12-18(13-11-17)27-15-20(2,19(23)21-3)22-28(24,25)14-16-8-6-5-7-9-16/h5-13,22H,4,14-15H2,1-3H3,(H,21,23). The lowest BCUT2D eigenvalue weighted by Gasteiger charge is -2.28. The number of hydrogen-bond donors (Lipinski definition) is 2. The van der Waals surface area contributed by atoms with Crippen LogP contribution in [0.25, 0.3) is 0 Å². The van der Waals surface area contributed by atoms with Gasteiger partial charge in [-0.05, 0) is 43.7 Å². The second kappa shape index (κ2) is 9.57. The van der Waals surface area contributed by atoms with Crippen LogP contribution in [0.2, 0.25) is 0 Å². The molecule has 7 nitrogen and oxygen atoms in total. The third kappa shape index (κ3) is 6.24. The van der Waals surface area contributed by atoms with Gasteiger partial charge < -0.3 is 14.8 Å². The Morgan fingerprint density at radius 2 is 1.57 bits per heavy atom. The third-order valence-corrected chi connectivity index (χ3v) is 5.45. The molecule has 0 bridgehead atoms. The molecule has 2 rings (SSSR count). The van der Waals surface area contributed by atoms with E-state index in [1.54, 1.807) is 48.5 Å². The van der Waals surface area contributed by atoms with Gasteiger partial charge in [0.05, 0.1) is 12.4 Å². The van der Waals surface area contributed by atoms with Gasteiger partial charge in [-0.15, -0.1) is 0 Å². The van der Waals surface area contributed by atoms with Crippen LogP contribution < -0.4 is 19.5 Å². The Hall–Kier alpha value is -2.58. The lowest BCUT2D eigenvalue weighted by molar-refractivity contribution is -0.126. The van der Waals surface area contributed by atoms with Crippen LogP contribution in [0.3, 0.4) is 0 Å². The number of rotatable bonds is 10. The van der Waals surface area contributed by atoms with Crippen molar-refractivity contribution < 1.29 is 22.7 Å². The summed E-state index contributed by atoms with van der Waals surface area (Å²) in [5, 5.41) is 2.49. The van der Waals surface area contributed by atoms with Gasteiger partial charge in [0.1, 0.15) is 23.6 Å². The summed E-state index contributed by atoms with van der Waals surface area (Å²) in [5.41, 5.74) is -0.845. The van der Waals surface area contributed by atoms with Crippen LogP contribution >= 0.6 is 0 Å². The predicted molar refractivity (Wildman–Crippen MR) is 108 cm³/mol. The number of nitrogens with one attached hydrogen (secondary N) is 2. The Bertz CT molecular complexity index is 869. The highest BCUT2D eigenvalue weighted by atomic mass is 32.2. The maximum atomic E-state index is 12.6. The molecule has 1 amide bonds. The number of carbonyl (C=O) groups excluding carboxylic acids is 1. The number of sulfonamides is 1. The molecule has 0 fully saturated rings. The van der Waals surface area contributed by atoms with Crippen LogP contribution in [0, 0.1) is 0 Å². The summed E-state index contributed by atoms with van der Waals surface area (Å²) in [4.78, 5) is 12.4. The van der Waals surface area contributed by atoms with Crippen molar-refractivity contribution in [1.82, 2.24) is 10.0 Å². The average Bonchev–Trinajstić information content (AvgIpc) is 2.67. The summed E-state index contributed by atoms with van der Waals surface area (Å²) >= 11 is 0. The fourth-order valence-corrected chi connectivity index (χ4v) is 4.16. The summed E-state index contributed by atoms with van der Waals surface area (Å²) in [5.74, 6) is 0.479. The van der Waals surface area contributed by atoms with Crippen LogP contribution in [-0.2, 0) is 20.6 Å². The molecule has 0 radical (unpaired) electrons. The molecule has 0 saturated heterocycles. The first kappa shape index (κ1) is 21.7. The van der Waals surface area contributed by atoms with Gasteiger partial charge in [-0.25, -0.2) is 8.42 Å². The lowest BCUT2D eigenvalue weighted by Crippen LogP contribution is -2.59. The predicted octanol–water partition coefficient (Wildman–Crippen LogP) is 2.09. The van der Waals surface area contributed by atoms with Crippen molar-refractivity contribution in [3.8, 4) is 11.5 Å². The third-order valence-electron chi connectivity index (χ3n) is 3.97. The molecule has 0 heterocycles. The normalized spacial score (nSPS) is 13.4. The van der Waals surface area contributed by atoms with Gasteiger partial charge in [-0.2, -0.15) is 4.72 Å². The summed E-state index contributed by atoms with van der Waals surface area (Å²) in [6, 6.07) is 15.7. The van der Waals surface area contributed by atoms with Gasteiger partial charge in [0.25, 0.3) is 0 Å². The minimum absolute atomic E-state index is 0.172. The second-order valence-corrected chi connectivity index (χ2v) is 8.17. The van der Waals surface area contributed by atoms with E-state index < -0.39 is 21.5 Å². The Morgan fingerprint density at radius 1 is 1.00 bits per heavy atom. The number of likely N-dealkylation sites (N-methyl/N-ethyl adjacent to an activating group) is 1. The number of amides is 1. The number of hydrogen-bond acceptors (Lipinski definition) is 5. The largest absolute Gasteiger partial charge is 0.494 e. The molecular formula is C20H26N2O5S. The van der Waals surface area contributed by atoms with E-state index in [1.165, 1.54) is 14.0 Å². The van der Waals surface area contributed by atoms with E-state index in [9.17, 15) is 13.2 Å². The topological polar surface area (TPSA) is 93.7 Å². The van der Waals surface area contributed by atoms with Gasteiger partial charge in [-0.1, -0.05) is 30.3 Å². The highest BCUT2D eigenvalue weighted by Crippen LogP contribution is 2.19. The molecule has 28 heavy (non-hydrogen) atoms. The second-order valence-electron chi connectivity index (χ2n) is 6.45. The molecule has 0 spiro atoms. The molecule has 0 aromatic heterocycles. The molecule has 2 N–H and O–H groups in total. The molecule has 0 saturated carbocycles. The first-order chi connectivity index (χ1) is 13.3. The molecule has 1 unspecified atom stereocenters. The molecule has 152 valence electrons. The van der Waals surface area contributed by atoms with E-state index in [-0.39, 0.29) is 12.4 Å². The van der Waals surface area contributed by atoms with E-state index >= 15 is 0 Å². The van der Waals surface area contributed by atoms with Crippen LogP contribution in [0.5, 0.6) is 11.5 Å². The first-order valence-corrected chi connectivity index (χ1v) is 10.6. The fraction of sp³-hybridized carbons (Fsp3) is 0.350. The highest BCUT2D eigenvalue weighted by Gasteiger charge is 2.38. The number of carbonyl (C=O) groups is 1. The van der Waals surface area contributed by atoms with Crippen molar-refractivity contribution >= 4 is 15.9 Å².